The molecule has 0 aromatic rings. The van der Waals surface area contributed by atoms with Gasteiger partial charge in [-0.25, -0.2) is 0 Å². The van der Waals surface area contributed by atoms with E-state index in [0.29, 0.717) is 19.2 Å². The molecule has 4 nitrogen and oxygen atoms in total. The maximum absolute atomic E-state index is 5.61. The summed E-state index contributed by atoms with van der Waals surface area (Å²) in [4.78, 5) is 2.21. The van der Waals surface area contributed by atoms with Gasteiger partial charge in [0.2, 0.25) is 0 Å². The Morgan fingerprint density at radius 3 is 2.46 bits per heavy atom. The van der Waals surface area contributed by atoms with Crippen molar-refractivity contribution in [3.8, 4) is 0 Å². The average Bonchev–Trinajstić information content (AvgIpc) is 2.14. The molecule has 0 fully saturated rings. The minimum atomic E-state index is 0.321. The molecule has 4 heteroatoms. The van der Waals surface area contributed by atoms with Crippen LogP contribution in [0.25, 0.3) is 0 Å². The van der Waals surface area contributed by atoms with Gasteiger partial charge < -0.3 is 15.2 Å². The van der Waals surface area contributed by atoms with Crippen molar-refractivity contribution in [2.75, 3.05) is 47.6 Å². The van der Waals surface area contributed by atoms with Crippen LogP contribution < -0.4 is 5.73 Å². The molecule has 0 rings (SSSR count). The molecule has 0 aromatic heterocycles. The summed E-state index contributed by atoms with van der Waals surface area (Å²) in [6, 6.07) is 0.321. The predicted molar refractivity (Wildman–Crippen MR) is 53.8 cm³/mol. The Kier molecular flexibility index (Phi) is 8.33. The highest BCUT2D eigenvalue weighted by molar-refractivity contribution is 4.68. The summed E-state index contributed by atoms with van der Waals surface area (Å²) in [6.07, 6.45) is 1.03. The molecule has 0 saturated carbocycles. The van der Waals surface area contributed by atoms with E-state index in [1.54, 1.807) is 14.2 Å². The molecule has 0 aromatic carbocycles. The van der Waals surface area contributed by atoms with E-state index in [9.17, 15) is 0 Å². The fraction of sp³-hybridized carbons (Fsp3) is 1.00. The number of likely N-dealkylation sites (N-methyl/N-ethyl adjacent to an activating group) is 1. The SMILES string of the molecule is COCCCN(C)C(CN)COC. The van der Waals surface area contributed by atoms with Crippen LogP contribution in [0, 0.1) is 0 Å². The first kappa shape index (κ1) is 12.8. The molecular weight excluding hydrogens is 168 g/mol. The molecule has 2 N–H and O–H groups in total. The van der Waals surface area contributed by atoms with Gasteiger partial charge in [0.05, 0.1) is 6.61 Å². The van der Waals surface area contributed by atoms with Gasteiger partial charge in [0, 0.05) is 40.0 Å². The zero-order valence-electron chi connectivity index (χ0n) is 8.95. The van der Waals surface area contributed by atoms with E-state index >= 15 is 0 Å². The van der Waals surface area contributed by atoms with Crippen molar-refractivity contribution in [3.63, 3.8) is 0 Å². The summed E-state index contributed by atoms with van der Waals surface area (Å²) < 4.78 is 10.0. The van der Waals surface area contributed by atoms with E-state index in [1.165, 1.54) is 0 Å². The number of methoxy groups -OCH3 is 2. The molecular formula is C9H22N2O2. The van der Waals surface area contributed by atoms with Gasteiger partial charge in [0.25, 0.3) is 0 Å². The quantitative estimate of drug-likeness (QED) is 0.544. The van der Waals surface area contributed by atoms with Crippen molar-refractivity contribution in [2.24, 2.45) is 5.73 Å². The van der Waals surface area contributed by atoms with Gasteiger partial charge in [0.15, 0.2) is 0 Å². The molecule has 1 unspecified atom stereocenters. The van der Waals surface area contributed by atoms with E-state index in [-0.39, 0.29) is 0 Å². The van der Waals surface area contributed by atoms with Crippen LogP contribution in [0.3, 0.4) is 0 Å². The second-order valence-electron chi connectivity index (χ2n) is 3.17. The monoisotopic (exact) mass is 190 g/mol. The number of nitrogens with zero attached hydrogens (tertiary/aromatic N) is 1. The Bertz CT molecular complexity index is 112. The van der Waals surface area contributed by atoms with E-state index in [1.807, 2.05) is 0 Å². The van der Waals surface area contributed by atoms with Crippen molar-refractivity contribution in [3.05, 3.63) is 0 Å². The van der Waals surface area contributed by atoms with Crippen LogP contribution in [0.5, 0.6) is 0 Å². The molecule has 0 radical (unpaired) electrons. The maximum atomic E-state index is 5.61. The van der Waals surface area contributed by atoms with E-state index in [4.69, 9.17) is 15.2 Å². The molecule has 0 aliphatic rings. The summed E-state index contributed by atoms with van der Waals surface area (Å²) in [5, 5.41) is 0. The lowest BCUT2D eigenvalue weighted by Gasteiger charge is -2.25. The fourth-order valence-corrected chi connectivity index (χ4v) is 1.21. The minimum absolute atomic E-state index is 0.321. The second-order valence-corrected chi connectivity index (χ2v) is 3.17. The largest absolute Gasteiger partial charge is 0.385 e. The summed E-state index contributed by atoms with van der Waals surface area (Å²) in [7, 11) is 5.48. The first-order valence-corrected chi connectivity index (χ1v) is 4.64. The van der Waals surface area contributed by atoms with E-state index < -0.39 is 0 Å². The highest BCUT2D eigenvalue weighted by atomic mass is 16.5. The van der Waals surface area contributed by atoms with Gasteiger partial charge in [0.1, 0.15) is 0 Å². The first-order chi connectivity index (χ1) is 6.26. The lowest BCUT2D eigenvalue weighted by molar-refractivity contribution is 0.101. The molecule has 80 valence electrons. The number of ether oxygens (including phenoxy) is 2. The van der Waals surface area contributed by atoms with E-state index in [2.05, 4.69) is 11.9 Å². The van der Waals surface area contributed by atoms with Crippen LogP contribution >= 0.6 is 0 Å². The number of rotatable bonds is 8. The standard InChI is InChI=1S/C9H22N2O2/c1-11(5-4-6-12-2)9(7-10)8-13-3/h9H,4-8,10H2,1-3H3. The second kappa shape index (κ2) is 8.44. The number of hydrogen-bond acceptors (Lipinski definition) is 4. The molecule has 0 bridgehead atoms. The molecule has 0 saturated heterocycles. The topological polar surface area (TPSA) is 47.7 Å². The smallest absolute Gasteiger partial charge is 0.0630 e. The maximum Gasteiger partial charge on any atom is 0.0630 e. The van der Waals surface area contributed by atoms with Crippen LogP contribution in [-0.2, 0) is 9.47 Å². The third-order valence-electron chi connectivity index (χ3n) is 2.11. The zero-order valence-corrected chi connectivity index (χ0v) is 8.95. The molecule has 0 amide bonds. The van der Waals surface area contributed by atoms with Crippen LogP contribution in [0.2, 0.25) is 0 Å². The van der Waals surface area contributed by atoms with Crippen LogP contribution in [0.4, 0.5) is 0 Å². The van der Waals surface area contributed by atoms with E-state index in [0.717, 1.165) is 19.6 Å². The summed E-state index contributed by atoms with van der Waals surface area (Å²) in [6.45, 7) is 3.13. The molecule has 0 aliphatic heterocycles. The van der Waals surface area contributed by atoms with Gasteiger partial charge in [-0.05, 0) is 13.5 Å². The number of hydrogen-bond donors (Lipinski definition) is 1. The molecule has 0 heterocycles. The van der Waals surface area contributed by atoms with Crippen LogP contribution in [0.1, 0.15) is 6.42 Å². The lowest BCUT2D eigenvalue weighted by Crippen LogP contribution is -2.41. The lowest BCUT2D eigenvalue weighted by atomic mass is 10.2. The predicted octanol–water partition coefficient (Wildman–Crippen LogP) is -0.0716. The summed E-state index contributed by atoms with van der Waals surface area (Å²) in [5.41, 5.74) is 5.61. The Balaban J connectivity index is 3.57. The third-order valence-corrected chi connectivity index (χ3v) is 2.11. The first-order valence-electron chi connectivity index (χ1n) is 4.64. The molecule has 13 heavy (non-hydrogen) atoms. The average molecular weight is 190 g/mol. The van der Waals surface area contributed by atoms with Gasteiger partial charge in [-0.3, -0.25) is 4.90 Å². The summed E-state index contributed by atoms with van der Waals surface area (Å²) in [5.74, 6) is 0. The van der Waals surface area contributed by atoms with Crippen LogP contribution in [-0.4, -0.2) is 58.5 Å². The van der Waals surface area contributed by atoms with Crippen molar-refractivity contribution in [1.82, 2.24) is 4.90 Å². The minimum Gasteiger partial charge on any atom is -0.385 e. The molecule has 1 atom stereocenters. The van der Waals surface area contributed by atoms with Gasteiger partial charge in [-0.1, -0.05) is 0 Å². The van der Waals surface area contributed by atoms with Gasteiger partial charge in [-0.2, -0.15) is 0 Å². The van der Waals surface area contributed by atoms with Crippen LogP contribution in [0.15, 0.2) is 0 Å². The highest BCUT2D eigenvalue weighted by Crippen LogP contribution is 1.97. The zero-order chi connectivity index (χ0) is 10.1. The molecule has 0 aliphatic carbocycles. The van der Waals surface area contributed by atoms with Crippen molar-refractivity contribution < 1.29 is 9.47 Å². The Morgan fingerprint density at radius 1 is 1.31 bits per heavy atom. The Hall–Kier alpha value is -0.160. The summed E-state index contributed by atoms with van der Waals surface area (Å²) >= 11 is 0. The van der Waals surface area contributed by atoms with Gasteiger partial charge in [-0.15, -0.1) is 0 Å². The van der Waals surface area contributed by atoms with Crippen molar-refractivity contribution in [2.45, 2.75) is 12.5 Å². The third kappa shape index (κ3) is 5.99. The normalized spacial score (nSPS) is 13.6. The Labute approximate surface area is 81.0 Å². The molecule has 0 spiro atoms. The van der Waals surface area contributed by atoms with Gasteiger partial charge >= 0.3 is 0 Å². The number of nitrogens with two attached hydrogens (primary N) is 1. The van der Waals surface area contributed by atoms with Crippen molar-refractivity contribution >= 4 is 0 Å². The highest BCUT2D eigenvalue weighted by Gasteiger charge is 2.11. The Morgan fingerprint density at radius 2 is 2.00 bits per heavy atom. The van der Waals surface area contributed by atoms with Crippen molar-refractivity contribution in [1.29, 1.82) is 0 Å². The fourth-order valence-electron chi connectivity index (χ4n) is 1.21.